The molecule has 1 amide bonds. The van der Waals surface area contributed by atoms with E-state index in [1.165, 1.54) is 6.08 Å². The number of carbonyl (C=O) groups is 1. The van der Waals surface area contributed by atoms with E-state index in [4.69, 9.17) is 4.74 Å². The number of rotatable bonds is 5. The fourth-order valence-electron chi connectivity index (χ4n) is 2.14. The number of ether oxygens (including phenoxy) is 1. The quantitative estimate of drug-likeness (QED) is 0.819. The van der Waals surface area contributed by atoms with Crippen molar-refractivity contribution in [1.29, 1.82) is 0 Å². The van der Waals surface area contributed by atoms with E-state index in [2.05, 4.69) is 9.71 Å². The third-order valence-electron chi connectivity index (χ3n) is 3.22. The van der Waals surface area contributed by atoms with E-state index < -0.39 is 15.9 Å². The van der Waals surface area contributed by atoms with Crippen molar-refractivity contribution in [3.05, 3.63) is 36.2 Å². The summed E-state index contributed by atoms with van der Waals surface area (Å²) in [6, 6.07) is 3.51. The van der Waals surface area contributed by atoms with E-state index >= 15 is 0 Å². The van der Waals surface area contributed by atoms with Gasteiger partial charge in [0.1, 0.15) is 0 Å². The van der Waals surface area contributed by atoms with Crippen molar-refractivity contribution in [2.24, 2.45) is 5.92 Å². The van der Waals surface area contributed by atoms with Gasteiger partial charge in [-0.05, 0) is 36.6 Å². The Bertz CT molecular complexity index is 620. The molecule has 1 aromatic heterocycles. The number of nitrogens with one attached hydrogen (secondary N) is 1. The third-order valence-corrected chi connectivity index (χ3v) is 4.64. The first kappa shape index (κ1) is 15.7. The van der Waals surface area contributed by atoms with Crippen LogP contribution in [-0.2, 0) is 19.6 Å². The molecule has 1 aromatic rings. The molecule has 114 valence electrons. The Labute approximate surface area is 124 Å². The number of hydrogen-bond donors (Lipinski definition) is 1. The number of pyridine rings is 1. The molecule has 1 N–H and O–H groups in total. The molecule has 7 heteroatoms. The molecule has 1 aliphatic heterocycles. The Morgan fingerprint density at radius 2 is 2.19 bits per heavy atom. The zero-order chi connectivity index (χ0) is 15.3. The van der Waals surface area contributed by atoms with Gasteiger partial charge in [-0.1, -0.05) is 0 Å². The van der Waals surface area contributed by atoms with Crippen LogP contribution in [0, 0.1) is 5.92 Å². The molecule has 0 aromatic carbocycles. The van der Waals surface area contributed by atoms with Crippen LogP contribution in [0.15, 0.2) is 30.6 Å². The molecule has 0 aliphatic carbocycles. The highest BCUT2D eigenvalue weighted by molar-refractivity contribution is 7.90. The molecule has 0 spiro atoms. The van der Waals surface area contributed by atoms with Crippen LogP contribution in [0.5, 0.6) is 0 Å². The van der Waals surface area contributed by atoms with Crippen molar-refractivity contribution in [1.82, 2.24) is 9.71 Å². The molecule has 2 heterocycles. The maximum absolute atomic E-state index is 11.9. The van der Waals surface area contributed by atoms with Gasteiger partial charge in [-0.3, -0.25) is 9.78 Å². The Morgan fingerprint density at radius 3 is 2.81 bits per heavy atom. The fourth-order valence-corrected chi connectivity index (χ4v) is 3.48. The summed E-state index contributed by atoms with van der Waals surface area (Å²) in [4.78, 5) is 15.7. The van der Waals surface area contributed by atoms with Crippen molar-refractivity contribution in [3.8, 4) is 0 Å². The summed E-state index contributed by atoms with van der Waals surface area (Å²) in [6.07, 6.45) is 5.21. The van der Waals surface area contributed by atoms with Crippen LogP contribution >= 0.6 is 0 Å². The molecule has 6 nitrogen and oxygen atoms in total. The number of carbonyl (C=O) groups excluding carboxylic acids is 1. The number of allylic oxidation sites excluding steroid dienone is 1. The van der Waals surface area contributed by atoms with Gasteiger partial charge < -0.3 is 4.74 Å². The first-order valence-electron chi connectivity index (χ1n) is 6.67. The molecular formula is C14H18N2O4S. The lowest BCUT2D eigenvalue weighted by molar-refractivity contribution is -0.114. The van der Waals surface area contributed by atoms with Crippen molar-refractivity contribution in [2.45, 2.75) is 13.3 Å². The van der Waals surface area contributed by atoms with Gasteiger partial charge in [0.2, 0.25) is 10.0 Å². The third kappa shape index (κ3) is 4.95. The molecule has 1 saturated heterocycles. The number of amides is 1. The van der Waals surface area contributed by atoms with Crippen molar-refractivity contribution in [3.63, 3.8) is 0 Å². The molecule has 0 saturated carbocycles. The lowest BCUT2D eigenvalue weighted by atomic mass is 10.1. The normalized spacial score (nSPS) is 19.5. The lowest BCUT2D eigenvalue weighted by Crippen LogP contribution is -2.34. The van der Waals surface area contributed by atoms with Crippen LogP contribution in [0.3, 0.4) is 0 Å². The Hall–Kier alpha value is -1.73. The highest BCUT2D eigenvalue weighted by atomic mass is 32.2. The number of aromatic nitrogens is 1. The summed E-state index contributed by atoms with van der Waals surface area (Å²) in [5.74, 6) is -0.759. The molecule has 0 bridgehead atoms. The molecule has 1 atom stereocenters. The van der Waals surface area contributed by atoms with E-state index in [0.717, 1.165) is 5.56 Å². The van der Waals surface area contributed by atoms with Crippen LogP contribution in [0.4, 0.5) is 0 Å². The molecule has 0 radical (unpaired) electrons. The average molecular weight is 310 g/mol. The maximum Gasteiger partial charge on any atom is 0.257 e. The maximum atomic E-state index is 11.9. The first-order chi connectivity index (χ1) is 9.96. The van der Waals surface area contributed by atoms with E-state index in [-0.39, 0.29) is 11.7 Å². The lowest BCUT2D eigenvalue weighted by Gasteiger charge is -2.09. The van der Waals surface area contributed by atoms with E-state index in [1.807, 2.05) is 0 Å². The van der Waals surface area contributed by atoms with Gasteiger partial charge in [0.25, 0.3) is 5.91 Å². The second-order valence-electron chi connectivity index (χ2n) is 5.04. The predicted molar refractivity (Wildman–Crippen MR) is 78.7 cm³/mol. The summed E-state index contributed by atoms with van der Waals surface area (Å²) in [5.41, 5.74) is 1.50. The van der Waals surface area contributed by atoms with Crippen molar-refractivity contribution >= 4 is 21.5 Å². The average Bonchev–Trinajstić information content (AvgIpc) is 2.90. The van der Waals surface area contributed by atoms with Crippen LogP contribution < -0.4 is 4.72 Å². The monoisotopic (exact) mass is 310 g/mol. The SMILES string of the molecule is CC(=CC(=O)NS(=O)(=O)CC1CCOC1)c1ccncc1. The smallest absolute Gasteiger partial charge is 0.257 e. The van der Waals surface area contributed by atoms with Crippen molar-refractivity contribution < 1.29 is 17.9 Å². The van der Waals surface area contributed by atoms with Gasteiger partial charge in [-0.25, -0.2) is 13.1 Å². The second-order valence-corrected chi connectivity index (χ2v) is 6.81. The van der Waals surface area contributed by atoms with E-state index in [0.29, 0.717) is 25.2 Å². The molecule has 21 heavy (non-hydrogen) atoms. The zero-order valence-corrected chi connectivity index (χ0v) is 12.6. The zero-order valence-electron chi connectivity index (χ0n) is 11.8. The van der Waals surface area contributed by atoms with Crippen LogP contribution in [0.1, 0.15) is 18.9 Å². The molecule has 2 rings (SSSR count). The topological polar surface area (TPSA) is 85.4 Å². The second kappa shape index (κ2) is 6.82. The Morgan fingerprint density at radius 1 is 1.48 bits per heavy atom. The van der Waals surface area contributed by atoms with Crippen molar-refractivity contribution in [2.75, 3.05) is 19.0 Å². The van der Waals surface area contributed by atoms with Gasteiger partial charge in [0, 0.05) is 31.0 Å². The summed E-state index contributed by atoms with van der Waals surface area (Å²) >= 11 is 0. The minimum atomic E-state index is -3.63. The van der Waals surface area contributed by atoms with Gasteiger partial charge in [-0.2, -0.15) is 0 Å². The van der Waals surface area contributed by atoms with Gasteiger partial charge in [0.15, 0.2) is 0 Å². The highest BCUT2D eigenvalue weighted by Crippen LogP contribution is 2.14. The summed E-state index contributed by atoms with van der Waals surface area (Å²) in [5, 5.41) is 0. The minimum absolute atomic E-state index is 0.0411. The summed E-state index contributed by atoms with van der Waals surface area (Å²) in [7, 11) is -3.63. The number of hydrogen-bond acceptors (Lipinski definition) is 5. The number of sulfonamides is 1. The predicted octanol–water partition coefficient (Wildman–Crippen LogP) is 0.967. The molecule has 1 fully saturated rings. The largest absolute Gasteiger partial charge is 0.381 e. The Balaban J connectivity index is 1.97. The standard InChI is InChI=1S/C14H18N2O4S/c1-11(13-2-5-15-6-3-13)8-14(17)16-21(18,19)10-12-4-7-20-9-12/h2-3,5-6,8,12H,4,7,9-10H2,1H3,(H,16,17). The summed E-state index contributed by atoms with van der Waals surface area (Å²) < 4.78 is 31.0. The van der Waals surface area contributed by atoms with Gasteiger partial charge >= 0.3 is 0 Å². The van der Waals surface area contributed by atoms with E-state index in [9.17, 15) is 13.2 Å². The van der Waals surface area contributed by atoms with Gasteiger partial charge in [0.05, 0.1) is 12.4 Å². The Kier molecular flexibility index (Phi) is 5.08. The minimum Gasteiger partial charge on any atom is -0.381 e. The van der Waals surface area contributed by atoms with Crippen LogP contribution in [-0.4, -0.2) is 38.3 Å². The van der Waals surface area contributed by atoms with Gasteiger partial charge in [-0.15, -0.1) is 0 Å². The van der Waals surface area contributed by atoms with Crippen LogP contribution in [0.25, 0.3) is 5.57 Å². The molecule has 1 aliphatic rings. The van der Waals surface area contributed by atoms with Crippen LogP contribution in [0.2, 0.25) is 0 Å². The van der Waals surface area contributed by atoms with E-state index in [1.54, 1.807) is 31.5 Å². The fraction of sp³-hybridized carbons (Fsp3) is 0.429. The summed E-state index contributed by atoms with van der Waals surface area (Å²) in [6.45, 7) is 2.75. The molecular weight excluding hydrogens is 292 g/mol. The highest BCUT2D eigenvalue weighted by Gasteiger charge is 2.24. The molecule has 1 unspecified atom stereocenters. The first-order valence-corrected chi connectivity index (χ1v) is 8.32. The number of nitrogens with zero attached hydrogens (tertiary/aromatic N) is 1.